The van der Waals surface area contributed by atoms with E-state index in [1.54, 1.807) is 0 Å². The number of nitrogens with zero attached hydrogens (tertiary/aromatic N) is 1. The Hall–Kier alpha value is -2.76. The molecule has 0 atom stereocenters. The highest BCUT2D eigenvalue weighted by atomic mass is 19.1. The first-order valence-corrected chi connectivity index (χ1v) is 6.03. The van der Waals surface area contributed by atoms with E-state index in [0.29, 0.717) is 5.56 Å². The highest BCUT2D eigenvalue weighted by molar-refractivity contribution is 5.87. The molecule has 0 spiro atoms. The van der Waals surface area contributed by atoms with Gasteiger partial charge in [-0.15, -0.1) is 0 Å². The lowest BCUT2D eigenvalue weighted by atomic mass is 10.0. The number of aromatic nitrogens is 1. The van der Waals surface area contributed by atoms with Gasteiger partial charge in [-0.25, -0.2) is 13.2 Å². The second-order valence-electron chi connectivity index (χ2n) is 4.37. The van der Waals surface area contributed by atoms with Gasteiger partial charge in [0.15, 0.2) is 0 Å². The Labute approximate surface area is 117 Å². The molecule has 6 heteroatoms. The largest absolute Gasteiger partial charge is 0.367 e. The van der Waals surface area contributed by atoms with Crippen LogP contribution in [0, 0.1) is 17.5 Å². The van der Waals surface area contributed by atoms with Gasteiger partial charge in [-0.05, 0) is 29.8 Å². The van der Waals surface area contributed by atoms with Crippen LogP contribution in [-0.4, -0.2) is 5.16 Å². The predicted octanol–water partition coefficient (Wildman–Crippen LogP) is 4.01. The molecule has 2 aromatic carbocycles. The molecule has 106 valence electrons. The van der Waals surface area contributed by atoms with Crippen molar-refractivity contribution in [1.82, 2.24) is 5.16 Å². The van der Waals surface area contributed by atoms with E-state index >= 15 is 0 Å². The van der Waals surface area contributed by atoms with Crippen LogP contribution in [0.1, 0.15) is 0 Å². The fraction of sp³-hybridized carbons (Fsp3) is 0. The molecule has 1 heterocycles. The summed E-state index contributed by atoms with van der Waals surface area (Å²) in [6.07, 6.45) is 0. The number of anilines is 1. The van der Waals surface area contributed by atoms with Crippen LogP contribution in [0.15, 0.2) is 47.0 Å². The SMILES string of the molecule is Nc1onc(-c2c(F)cccc2F)c1-c1ccc(F)cc1. The van der Waals surface area contributed by atoms with Crippen LogP contribution in [0.5, 0.6) is 0 Å². The Morgan fingerprint density at radius 2 is 1.48 bits per heavy atom. The van der Waals surface area contributed by atoms with Crippen molar-refractivity contribution < 1.29 is 17.7 Å². The van der Waals surface area contributed by atoms with E-state index in [4.69, 9.17) is 10.3 Å². The van der Waals surface area contributed by atoms with Gasteiger partial charge in [0, 0.05) is 0 Å². The molecule has 2 N–H and O–H groups in total. The molecule has 3 aromatic rings. The smallest absolute Gasteiger partial charge is 0.230 e. The zero-order valence-electron chi connectivity index (χ0n) is 10.6. The molecule has 0 fully saturated rings. The van der Waals surface area contributed by atoms with Crippen LogP contribution in [0.2, 0.25) is 0 Å². The third-order valence-electron chi connectivity index (χ3n) is 3.05. The van der Waals surface area contributed by atoms with Gasteiger partial charge in [-0.2, -0.15) is 0 Å². The average molecular weight is 290 g/mol. The number of hydrogen-bond donors (Lipinski definition) is 1. The summed E-state index contributed by atoms with van der Waals surface area (Å²) in [6.45, 7) is 0. The van der Waals surface area contributed by atoms with Crippen molar-refractivity contribution in [1.29, 1.82) is 0 Å². The molecule has 0 aliphatic rings. The number of rotatable bonds is 2. The number of hydrogen-bond acceptors (Lipinski definition) is 3. The van der Waals surface area contributed by atoms with Crippen molar-refractivity contribution in [3.8, 4) is 22.4 Å². The van der Waals surface area contributed by atoms with E-state index in [-0.39, 0.29) is 22.7 Å². The van der Waals surface area contributed by atoms with Gasteiger partial charge in [0.2, 0.25) is 5.88 Å². The Morgan fingerprint density at radius 1 is 0.857 bits per heavy atom. The topological polar surface area (TPSA) is 52.0 Å². The molecular formula is C15H9F3N2O. The van der Waals surface area contributed by atoms with E-state index in [0.717, 1.165) is 12.1 Å². The summed E-state index contributed by atoms with van der Waals surface area (Å²) < 4.78 is 45.6. The maximum atomic E-state index is 13.9. The zero-order chi connectivity index (χ0) is 15.0. The summed E-state index contributed by atoms with van der Waals surface area (Å²) in [5.74, 6) is -2.11. The van der Waals surface area contributed by atoms with Crippen molar-refractivity contribution in [2.45, 2.75) is 0 Å². The fourth-order valence-corrected chi connectivity index (χ4v) is 2.09. The Bertz CT molecular complexity index is 777. The third-order valence-corrected chi connectivity index (χ3v) is 3.05. The van der Waals surface area contributed by atoms with Gasteiger partial charge in [-0.1, -0.05) is 23.4 Å². The molecule has 0 amide bonds. The fourth-order valence-electron chi connectivity index (χ4n) is 2.09. The summed E-state index contributed by atoms with van der Waals surface area (Å²) in [4.78, 5) is 0. The van der Waals surface area contributed by atoms with E-state index in [1.165, 1.54) is 30.3 Å². The summed E-state index contributed by atoms with van der Waals surface area (Å²) in [7, 11) is 0. The van der Waals surface area contributed by atoms with Crippen LogP contribution >= 0.6 is 0 Å². The van der Waals surface area contributed by atoms with E-state index in [2.05, 4.69) is 5.16 Å². The first kappa shape index (κ1) is 13.2. The van der Waals surface area contributed by atoms with Gasteiger partial charge >= 0.3 is 0 Å². The molecule has 0 saturated heterocycles. The van der Waals surface area contributed by atoms with E-state index in [1.807, 2.05) is 0 Å². The second-order valence-corrected chi connectivity index (χ2v) is 4.37. The number of benzene rings is 2. The van der Waals surface area contributed by atoms with Crippen LogP contribution in [0.25, 0.3) is 22.4 Å². The first-order chi connectivity index (χ1) is 10.1. The number of nitrogen functional groups attached to an aromatic ring is 1. The highest BCUT2D eigenvalue weighted by Crippen LogP contribution is 2.38. The molecule has 0 saturated carbocycles. The molecule has 0 unspecified atom stereocenters. The lowest BCUT2D eigenvalue weighted by Gasteiger charge is -2.05. The quantitative estimate of drug-likeness (QED) is 0.776. The van der Waals surface area contributed by atoms with Crippen molar-refractivity contribution in [3.63, 3.8) is 0 Å². The maximum Gasteiger partial charge on any atom is 0.230 e. The molecule has 1 aromatic heterocycles. The normalized spacial score (nSPS) is 10.8. The maximum absolute atomic E-state index is 13.9. The molecule has 3 nitrogen and oxygen atoms in total. The molecule has 21 heavy (non-hydrogen) atoms. The Kier molecular flexibility index (Phi) is 3.13. The van der Waals surface area contributed by atoms with Crippen LogP contribution in [0.3, 0.4) is 0 Å². The van der Waals surface area contributed by atoms with Crippen LogP contribution in [0.4, 0.5) is 19.1 Å². The molecule has 0 aliphatic carbocycles. The second kappa shape index (κ2) is 4.97. The number of halogens is 3. The molecule has 0 bridgehead atoms. The lowest BCUT2D eigenvalue weighted by molar-refractivity contribution is 0.438. The lowest BCUT2D eigenvalue weighted by Crippen LogP contribution is -1.93. The summed E-state index contributed by atoms with van der Waals surface area (Å²) >= 11 is 0. The average Bonchev–Trinajstić information content (AvgIpc) is 2.82. The molecule has 0 aliphatic heterocycles. The standard InChI is InChI=1S/C15H9F3N2O/c16-9-6-4-8(5-7-9)12-14(20-21-15(12)19)13-10(17)2-1-3-11(13)18/h1-7H,19H2. The van der Waals surface area contributed by atoms with Gasteiger partial charge in [0.05, 0.1) is 11.1 Å². The third kappa shape index (κ3) is 2.24. The molecule has 3 rings (SSSR count). The Balaban J connectivity index is 2.24. The minimum Gasteiger partial charge on any atom is -0.367 e. The monoisotopic (exact) mass is 290 g/mol. The molecule has 0 radical (unpaired) electrons. The number of nitrogens with two attached hydrogens (primary N) is 1. The highest BCUT2D eigenvalue weighted by Gasteiger charge is 2.22. The minimum atomic E-state index is -0.785. The van der Waals surface area contributed by atoms with Gasteiger partial charge in [-0.3, -0.25) is 0 Å². The minimum absolute atomic E-state index is 0.0605. The van der Waals surface area contributed by atoms with Gasteiger partial charge in [0.25, 0.3) is 0 Å². The summed E-state index contributed by atoms with van der Waals surface area (Å²) in [5, 5.41) is 3.63. The zero-order valence-corrected chi connectivity index (χ0v) is 10.6. The van der Waals surface area contributed by atoms with Gasteiger partial charge in [0.1, 0.15) is 23.1 Å². The van der Waals surface area contributed by atoms with Crippen molar-refractivity contribution >= 4 is 5.88 Å². The van der Waals surface area contributed by atoms with E-state index < -0.39 is 17.5 Å². The van der Waals surface area contributed by atoms with Crippen LogP contribution < -0.4 is 5.73 Å². The molecular weight excluding hydrogens is 281 g/mol. The summed E-state index contributed by atoms with van der Waals surface area (Å²) in [6, 6.07) is 8.75. The van der Waals surface area contributed by atoms with E-state index in [9.17, 15) is 13.2 Å². The van der Waals surface area contributed by atoms with Crippen molar-refractivity contribution in [2.24, 2.45) is 0 Å². The Morgan fingerprint density at radius 3 is 2.10 bits per heavy atom. The van der Waals surface area contributed by atoms with Crippen molar-refractivity contribution in [3.05, 3.63) is 59.9 Å². The van der Waals surface area contributed by atoms with Crippen LogP contribution in [-0.2, 0) is 0 Å². The van der Waals surface area contributed by atoms with Crippen molar-refractivity contribution in [2.75, 3.05) is 5.73 Å². The predicted molar refractivity (Wildman–Crippen MR) is 71.7 cm³/mol. The first-order valence-electron chi connectivity index (χ1n) is 6.03. The summed E-state index contributed by atoms with van der Waals surface area (Å²) in [5.41, 5.74) is 5.96. The van der Waals surface area contributed by atoms with Gasteiger partial charge < -0.3 is 10.3 Å².